The van der Waals surface area contributed by atoms with Crippen molar-refractivity contribution >= 4 is 54.5 Å². The molecule has 0 aliphatic carbocycles. The van der Waals surface area contributed by atoms with Crippen LogP contribution in [-0.2, 0) is 4.74 Å². The molecule has 0 unspecified atom stereocenters. The van der Waals surface area contributed by atoms with Gasteiger partial charge in [0.05, 0.1) is 33.6 Å². The van der Waals surface area contributed by atoms with Gasteiger partial charge in [-0.15, -0.1) is 22.7 Å². The molecule has 3 aromatic heterocycles. The molecule has 6 rings (SSSR count). The molecule has 0 bridgehead atoms. The second kappa shape index (κ2) is 6.74. The Balaban J connectivity index is 1.38. The molecule has 0 saturated carbocycles. The zero-order chi connectivity index (χ0) is 19.4. The number of ether oxygens (including phenoxy) is 1. The molecular formula is C22H22N4OS2. The molecule has 2 saturated heterocycles. The fraction of sp³-hybridized carbons (Fsp3) is 0.364. The quantitative estimate of drug-likeness (QED) is 0.490. The van der Waals surface area contributed by atoms with Crippen molar-refractivity contribution in [1.29, 1.82) is 0 Å². The van der Waals surface area contributed by atoms with E-state index >= 15 is 0 Å². The van der Waals surface area contributed by atoms with E-state index < -0.39 is 0 Å². The summed E-state index contributed by atoms with van der Waals surface area (Å²) in [4.78, 5) is 14.2. The van der Waals surface area contributed by atoms with E-state index in [0.717, 1.165) is 47.9 Å². The molecule has 5 nitrogen and oxygen atoms in total. The monoisotopic (exact) mass is 422 g/mol. The van der Waals surface area contributed by atoms with Gasteiger partial charge in [-0.25, -0.2) is 9.97 Å². The lowest BCUT2D eigenvalue weighted by Gasteiger charge is -2.35. The van der Waals surface area contributed by atoms with Crippen LogP contribution in [0.15, 0.2) is 42.0 Å². The van der Waals surface area contributed by atoms with Gasteiger partial charge in [0, 0.05) is 34.7 Å². The Labute approximate surface area is 177 Å². The lowest BCUT2D eigenvalue weighted by Crippen LogP contribution is -2.45. The van der Waals surface area contributed by atoms with E-state index in [1.807, 2.05) is 23.0 Å². The van der Waals surface area contributed by atoms with Crippen molar-refractivity contribution in [3.8, 4) is 0 Å². The Kier molecular flexibility index (Phi) is 4.13. The van der Waals surface area contributed by atoms with Crippen LogP contribution in [0.25, 0.3) is 20.4 Å². The van der Waals surface area contributed by atoms with Crippen molar-refractivity contribution in [2.24, 2.45) is 0 Å². The van der Waals surface area contributed by atoms with Crippen LogP contribution in [0.5, 0.6) is 0 Å². The topological polar surface area (TPSA) is 50.3 Å². The van der Waals surface area contributed by atoms with Crippen LogP contribution >= 0.6 is 22.7 Å². The van der Waals surface area contributed by atoms with E-state index in [-0.39, 0.29) is 5.54 Å². The molecule has 2 aliphatic heterocycles. The summed E-state index contributed by atoms with van der Waals surface area (Å²) in [5, 5.41) is 4.80. The van der Waals surface area contributed by atoms with Crippen LogP contribution in [0.2, 0.25) is 0 Å². The first-order chi connectivity index (χ1) is 14.2. The number of benzene rings is 1. The largest absolute Gasteiger partial charge is 0.379 e. The number of nitrogens with zero attached hydrogens (tertiary/aromatic N) is 3. The van der Waals surface area contributed by atoms with E-state index in [0.29, 0.717) is 5.92 Å². The summed E-state index contributed by atoms with van der Waals surface area (Å²) in [6, 6.07) is 10.8. The highest BCUT2D eigenvalue weighted by Gasteiger charge is 2.50. The first-order valence-electron chi connectivity index (χ1n) is 10.0. The van der Waals surface area contributed by atoms with Crippen molar-refractivity contribution < 1.29 is 4.74 Å². The minimum Gasteiger partial charge on any atom is -0.379 e. The molecule has 0 amide bonds. The van der Waals surface area contributed by atoms with E-state index in [2.05, 4.69) is 57.6 Å². The molecule has 1 spiro atoms. The maximum absolute atomic E-state index is 5.84. The number of likely N-dealkylation sites (N-methyl/N-ethyl adjacent to an activating group) is 1. The van der Waals surface area contributed by atoms with Gasteiger partial charge in [0.1, 0.15) is 4.83 Å². The third-order valence-corrected chi connectivity index (χ3v) is 8.57. The van der Waals surface area contributed by atoms with Crippen LogP contribution in [0.1, 0.15) is 23.6 Å². The van der Waals surface area contributed by atoms with E-state index in [4.69, 9.17) is 4.74 Å². The SMILES string of the molecule is CN1CC[C@H](c2cc3c(Nc4ccc5scnc5c4)ccnc3s2)[C@]12CCOC2. The number of thiophene rings is 1. The molecule has 0 radical (unpaired) electrons. The normalized spacial score (nSPS) is 24.9. The highest BCUT2D eigenvalue weighted by molar-refractivity contribution is 7.18. The molecule has 2 atom stereocenters. The van der Waals surface area contributed by atoms with E-state index in [9.17, 15) is 0 Å². The second-order valence-corrected chi connectivity index (χ2v) is 10.0. The Morgan fingerprint density at radius 1 is 1.24 bits per heavy atom. The predicted octanol–water partition coefficient (Wildman–Crippen LogP) is 5.23. The standard InChI is InChI=1S/C22H22N4OS2/c1-26-8-5-16(22(26)6-9-27-12-22)20-11-15-17(4-7-23-21(15)29-20)25-14-2-3-19-18(10-14)24-13-28-19/h2-4,7,10-11,13,16H,5-6,8-9,12H2,1H3,(H,23,25)/t16-,22-/m1/s1. The first-order valence-corrected chi connectivity index (χ1v) is 11.7. The van der Waals surface area contributed by atoms with Crippen molar-refractivity contribution in [3.05, 3.63) is 46.9 Å². The van der Waals surface area contributed by atoms with Gasteiger partial charge in [-0.3, -0.25) is 4.90 Å². The number of pyridine rings is 1. The van der Waals surface area contributed by atoms with Gasteiger partial charge >= 0.3 is 0 Å². The van der Waals surface area contributed by atoms with Gasteiger partial charge in [0.2, 0.25) is 0 Å². The average molecular weight is 423 g/mol. The Hall–Kier alpha value is -2.06. The van der Waals surface area contributed by atoms with E-state index in [1.54, 1.807) is 11.3 Å². The molecule has 7 heteroatoms. The minimum absolute atomic E-state index is 0.157. The summed E-state index contributed by atoms with van der Waals surface area (Å²) in [5.41, 5.74) is 5.25. The highest BCUT2D eigenvalue weighted by atomic mass is 32.1. The number of nitrogens with one attached hydrogen (secondary N) is 1. The third-order valence-electron chi connectivity index (χ3n) is 6.60. The van der Waals surface area contributed by atoms with Crippen molar-refractivity contribution in [2.75, 3.05) is 32.1 Å². The van der Waals surface area contributed by atoms with Gasteiger partial charge in [0.15, 0.2) is 0 Å². The summed E-state index contributed by atoms with van der Waals surface area (Å²) in [5.74, 6) is 0.522. The van der Waals surface area contributed by atoms with Gasteiger partial charge in [-0.2, -0.15) is 0 Å². The second-order valence-electron chi connectivity index (χ2n) is 8.05. The maximum Gasteiger partial charge on any atom is 0.125 e. The summed E-state index contributed by atoms with van der Waals surface area (Å²) >= 11 is 3.51. The highest BCUT2D eigenvalue weighted by Crippen LogP contribution is 2.49. The number of hydrogen-bond acceptors (Lipinski definition) is 7. The van der Waals surface area contributed by atoms with Gasteiger partial charge < -0.3 is 10.1 Å². The molecule has 29 heavy (non-hydrogen) atoms. The molecule has 2 fully saturated rings. The summed E-state index contributed by atoms with van der Waals surface area (Å²) in [7, 11) is 2.25. The maximum atomic E-state index is 5.84. The number of rotatable bonds is 3. The van der Waals surface area contributed by atoms with Gasteiger partial charge in [-0.05, 0) is 56.8 Å². The molecule has 1 N–H and O–H groups in total. The number of thiazole rings is 1. The van der Waals surface area contributed by atoms with E-state index in [1.165, 1.54) is 21.4 Å². The molecule has 4 aromatic rings. The Morgan fingerprint density at radius 2 is 2.21 bits per heavy atom. The molecule has 1 aromatic carbocycles. The lowest BCUT2D eigenvalue weighted by atomic mass is 9.83. The molecule has 5 heterocycles. The predicted molar refractivity (Wildman–Crippen MR) is 121 cm³/mol. The third kappa shape index (κ3) is 2.79. The van der Waals surface area contributed by atoms with Crippen LogP contribution in [0, 0.1) is 0 Å². The number of fused-ring (bicyclic) bond motifs is 2. The zero-order valence-corrected chi connectivity index (χ0v) is 17.9. The smallest absolute Gasteiger partial charge is 0.125 e. The van der Waals surface area contributed by atoms with Crippen LogP contribution < -0.4 is 5.32 Å². The number of likely N-dealkylation sites (tertiary alicyclic amines) is 1. The lowest BCUT2D eigenvalue weighted by molar-refractivity contribution is 0.111. The fourth-order valence-electron chi connectivity index (χ4n) is 4.96. The minimum atomic E-state index is 0.157. The van der Waals surface area contributed by atoms with Crippen molar-refractivity contribution in [2.45, 2.75) is 24.3 Å². The summed E-state index contributed by atoms with van der Waals surface area (Å²) < 4.78 is 7.05. The average Bonchev–Trinajstić information content (AvgIpc) is 3.50. The van der Waals surface area contributed by atoms with Crippen molar-refractivity contribution in [1.82, 2.24) is 14.9 Å². The number of anilines is 2. The summed E-state index contributed by atoms with van der Waals surface area (Å²) in [6.07, 6.45) is 4.21. The number of aromatic nitrogens is 2. The Morgan fingerprint density at radius 3 is 3.10 bits per heavy atom. The zero-order valence-electron chi connectivity index (χ0n) is 16.2. The molecule has 2 aliphatic rings. The summed E-state index contributed by atoms with van der Waals surface area (Å²) in [6.45, 7) is 2.85. The van der Waals surface area contributed by atoms with Crippen LogP contribution in [0.4, 0.5) is 11.4 Å². The van der Waals surface area contributed by atoms with Gasteiger partial charge in [-0.1, -0.05) is 0 Å². The molecular weight excluding hydrogens is 400 g/mol. The van der Waals surface area contributed by atoms with Crippen molar-refractivity contribution in [3.63, 3.8) is 0 Å². The number of hydrogen-bond donors (Lipinski definition) is 1. The first kappa shape index (κ1) is 17.8. The van der Waals surface area contributed by atoms with Gasteiger partial charge in [0.25, 0.3) is 0 Å². The van der Waals surface area contributed by atoms with Crippen LogP contribution in [0.3, 0.4) is 0 Å². The van der Waals surface area contributed by atoms with Crippen LogP contribution in [-0.4, -0.2) is 47.2 Å². The Bertz CT molecular complexity index is 1190. The molecule has 148 valence electrons. The fourth-order valence-corrected chi connectivity index (χ4v) is 6.89.